The summed E-state index contributed by atoms with van der Waals surface area (Å²) < 4.78 is 30.6. The minimum atomic E-state index is -3.97. The van der Waals surface area contributed by atoms with Crippen molar-refractivity contribution in [3.8, 4) is 11.5 Å². The Labute approximate surface area is 186 Å². The fraction of sp³-hybridized carbons (Fsp3) is 0.429. The summed E-state index contributed by atoms with van der Waals surface area (Å²) in [7, 11) is 0.0382. The predicted molar refractivity (Wildman–Crippen MR) is 125 cm³/mol. The van der Waals surface area contributed by atoms with Gasteiger partial charge in [0.15, 0.2) is 5.75 Å². The molecule has 9 heteroatoms. The Morgan fingerprint density at radius 3 is 2.40 bits per heavy atom. The fourth-order valence-corrected chi connectivity index (χ4v) is 3.48. The second-order valence-electron chi connectivity index (χ2n) is 7.19. The van der Waals surface area contributed by atoms with Crippen LogP contribution in [0.3, 0.4) is 0 Å². The quantitative estimate of drug-likeness (QED) is 0.423. The van der Waals surface area contributed by atoms with Gasteiger partial charge in [-0.2, -0.15) is 0 Å². The van der Waals surface area contributed by atoms with Crippen LogP contribution in [0.1, 0.15) is 25.3 Å². The maximum Gasteiger partial charge on any atom is 0.241 e. The summed E-state index contributed by atoms with van der Waals surface area (Å²) in [5.41, 5.74) is 1.45. The van der Waals surface area contributed by atoms with Crippen LogP contribution < -0.4 is 20.5 Å². The lowest BCUT2D eigenvalue weighted by Gasteiger charge is -2.18. The standard InChI is InChI=1S/C21H32N4O3S.ClH/c1-4-5-11-24-19-14-17(16-23-12-13-25(2)3)15-20(29(22,26)27)21(19)28-18-9-7-6-8-10-18;/h6-10,14-15,23-24H,4-5,11-13,16H2,1-3H3,(H2,22,26,27);1H. The molecule has 0 aliphatic carbocycles. The third kappa shape index (κ3) is 8.49. The van der Waals surface area contributed by atoms with Gasteiger partial charge in [-0.25, -0.2) is 13.6 Å². The van der Waals surface area contributed by atoms with Gasteiger partial charge < -0.3 is 20.3 Å². The minimum Gasteiger partial charge on any atom is -0.454 e. The van der Waals surface area contributed by atoms with Gasteiger partial charge in [0.2, 0.25) is 10.0 Å². The molecule has 0 radical (unpaired) electrons. The molecular formula is C21H33ClN4O3S. The van der Waals surface area contributed by atoms with Gasteiger partial charge in [0.1, 0.15) is 10.6 Å². The van der Waals surface area contributed by atoms with Crippen LogP contribution in [0.5, 0.6) is 11.5 Å². The van der Waals surface area contributed by atoms with Crippen molar-refractivity contribution in [1.29, 1.82) is 0 Å². The summed E-state index contributed by atoms with van der Waals surface area (Å²) in [5.74, 6) is 0.777. The first-order valence-corrected chi connectivity index (χ1v) is 11.4. The molecular weight excluding hydrogens is 424 g/mol. The van der Waals surface area contributed by atoms with Crippen LogP contribution in [0.25, 0.3) is 0 Å². The van der Waals surface area contributed by atoms with Crippen molar-refractivity contribution in [3.05, 3.63) is 48.0 Å². The summed E-state index contributed by atoms with van der Waals surface area (Å²) in [6, 6.07) is 12.6. The van der Waals surface area contributed by atoms with Gasteiger partial charge in [-0.05, 0) is 50.3 Å². The SMILES string of the molecule is CCCCNc1cc(CNCCN(C)C)cc(S(N)(=O)=O)c1Oc1ccccc1.Cl. The molecule has 7 nitrogen and oxygen atoms in total. The van der Waals surface area contributed by atoms with Gasteiger partial charge in [0.05, 0.1) is 5.69 Å². The number of anilines is 1. The Bertz CT molecular complexity index is 877. The number of unbranched alkanes of at least 4 members (excludes halogenated alkanes) is 1. The Morgan fingerprint density at radius 2 is 1.80 bits per heavy atom. The van der Waals surface area contributed by atoms with E-state index in [-0.39, 0.29) is 23.1 Å². The maximum atomic E-state index is 12.3. The van der Waals surface area contributed by atoms with E-state index < -0.39 is 10.0 Å². The number of hydrogen-bond acceptors (Lipinski definition) is 6. The van der Waals surface area contributed by atoms with Gasteiger partial charge >= 0.3 is 0 Å². The lowest BCUT2D eigenvalue weighted by molar-refractivity contribution is 0.400. The molecule has 0 unspecified atom stereocenters. The van der Waals surface area contributed by atoms with Crippen molar-refractivity contribution in [2.45, 2.75) is 31.2 Å². The summed E-state index contributed by atoms with van der Waals surface area (Å²) in [5, 5.41) is 12.2. The van der Waals surface area contributed by atoms with E-state index in [1.165, 1.54) is 0 Å². The van der Waals surface area contributed by atoms with Crippen LogP contribution in [0.2, 0.25) is 0 Å². The number of sulfonamides is 1. The Hall–Kier alpha value is -1.84. The third-order valence-corrected chi connectivity index (χ3v) is 5.21. The number of nitrogens with zero attached hydrogens (tertiary/aromatic N) is 1. The van der Waals surface area contributed by atoms with E-state index in [1.807, 2.05) is 38.4 Å². The van der Waals surface area contributed by atoms with E-state index in [9.17, 15) is 8.42 Å². The second-order valence-corrected chi connectivity index (χ2v) is 8.72. The highest BCUT2D eigenvalue weighted by Gasteiger charge is 2.21. The summed E-state index contributed by atoms with van der Waals surface area (Å²) >= 11 is 0. The molecule has 0 saturated carbocycles. The predicted octanol–water partition coefficient (Wildman–Crippen LogP) is 3.41. The molecule has 0 aliphatic heterocycles. The van der Waals surface area contributed by atoms with Crippen LogP contribution in [0.4, 0.5) is 5.69 Å². The number of ether oxygens (including phenoxy) is 1. The smallest absolute Gasteiger partial charge is 0.241 e. The fourth-order valence-electron chi connectivity index (χ4n) is 2.75. The topological polar surface area (TPSA) is 96.7 Å². The van der Waals surface area contributed by atoms with Crippen LogP contribution >= 0.6 is 12.4 Å². The van der Waals surface area contributed by atoms with Gasteiger partial charge in [0.25, 0.3) is 0 Å². The number of para-hydroxylation sites is 1. The molecule has 0 saturated heterocycles. The number of halogens is 1. The van der Waals surface area contributed by atoms with Crippen molar-refractivity contribution in [2.24, 2.45) is 5.14 Å². The van der Waals surface area contributed by atoms with Gasteiger partial charge in [0, 0.05) is 26.2 Å². The zero-order chi connectivity index (χ0) is 21.3. The molecule has 2 aromatic rings. The zero-order valence-corrected chi connectivity index (χ0v) is 19.5. The molecule has 168 valence electrons. The molecule has 0 amide bonds. The highest BCUT2D eigenvalue weighted by Crippen LogP contribution is 2.37. The van der Waals surface area contributed by atoms with E-state index in [1.54, 1.807) is 18.2 Å². The molecule has 0 heterocycles. The summed E-state index contributed by atoms with van der Waals surface area (Å²) in [6.07, 6.45) is 1.98. The van der Waals surface area contributed by atoms with Gasteiger partial charge in [-0.3, -0.25) is 0 Å². The summed E-state index contributed by atoms with van der Waals surface area (Å²) in [6.45, 7) is 5.02. The van der Waals surface area contributed by atoms with Crippen LogP contribution in [-0.2, 0) is 16.6 Å². The Kier molecular flexibility index (Phi) is 11.1. The van der Waals surface area contributed by atoms with E-state index in [0.29, 0.717) is 24.5 Å². The molecule has 4 N–H and O–H groups in total. The lowest BCUT2D eigenvalue weighted by atomic mass is 10.1. The van der Waals surface area contributed by atoms with E-state index >= 15 is 0 Å². The molecule has 0 aromatic heterocycles. The molecule has 30 heavy (non-hydrogen) atoms. The van der Waals surface area contributed by atoms with Crippen LogP contribution in [0.15, 0.2) is 47.4 Å². The van der Waals surface area contributed by atoms with Crippen molar-refractivity contribution < 1.29 is 13.2 Å². The number of rotatable bonds is 12. The molecule has 2 rings (SSSR count). The average Bonchev–Trinajstić information content (AvgIpc) is 2.66. The highest BCUT2D eigenvalue weighted by atomic mass is 35.5. The van der Waals surface area contributed by atoms with E-state index in [2.05, 4.69) is 22.5 Å². The number of hydrogen-bond donors (Lipinski definition) is 3. The lowest BCUT2D eigenvalue weighted by Crippen LogP contribution is -2.26. The molecule has 0 atom stereocenters. The monoisotopic (exact) mass is 456 g/mol. The van der Waals surface area contributed by atoms with Gasteiger partial charge in [-0.1, -0.05) is 31.5 Å². The van der Waals surface area contributed by atoms with E-state index in [4.69, 9.17) is 9.88 Å². The largest absolute Gasteiger partial charge is 0.454 e. The van der Waals surface area contributed by atoms with Crippen LogP contribution in [-0.4, -0.2) is 47.0 Å². The average molecular weight is 457 g/mol. The van der Waals surface area contributed by atoms with Crippen molar-refractivity contribution in [2.75, 3.05) is 39.0 Å². The number of likely N-dealkylation sites (N-methyl/N-ethyl adjacent to an activating group) is 1. The highest BCUT2D eigenvalue weighted by molar-refractivity contribution is 7.89. The Morgan fingerprint density at radius 1 is 1.10 bits per heavy atom. The van der Waals surface area contributed by atoms with Crippen molar-refractivity contribution in [3.63, 3.8) is 0 Å². The van der Waals surface area contributed by atoms with Crippen molar-refractivity contribution >= 4 is 28.1 Å². The molecule has 0 fully saturated rings. The first-order valence-electron chi connectivity index (χ1n) is 9.83. The van der Waals surface area contributed by atoms with Crippen LogP contribution in [0, 0.1) is 0 Å². The first kappa shape index (κ1) is 26.2. The van der Waals surface area contributed by atoms with E-state index in [0.717, 1.165) is 31.5 Å². The Balaban J connectivity index is 0.00000450. The normalized spacial score (nSPS) is 11.2. The number of benzene rings is 2. The zero-order valence-electron chi connectivity index (χ0n) is 17.8. The molecule has 0 aliphatic rings. The molecule has 2 aromatic carbocycles. The maximum absolute atomic E-state index is 12.3. The number of nitrogens with one attached hydrogen (secondary N) is 2. The van der Waals surface area contributed by atoms with Crippen molar-refractivity contribution in [1.82, 2.24) is 10.2 Å². The number of primary sulfonamides is 1. The minimum absolute atomic E-state index is 0. The number of nitrogens with two attached hydrogens (primary N) is 1. The summed E-state index contributed by atoms with van der Waals surface area (Å²) in [4.78, 5) is 2.06. The second kappa shape index (κ2) is 12.8. The first-order chi connectivity index (χ1) is 13.8. The molecule has 0 spiro atoms. The van der Waals surface area contributed by atoms with Gasteiger partial charge in [-0.15, -0.1) is 12.4 Å². The molecule has 0 bridgehead atoms. The third-order valence-electron chi connectivity index (χ3n) is 4.29.